The van der Waals surface area contributed by atoms with Gasteiger partial charge >= 0.3 is 7.32 Å². The van der Waals surface area contributed by atoms with Crippen LogP contribution in [-0.2, 0) is 23.8 Å². The monoisotopic (exact) mass is 261 g/mol. The van der Waals surface area contributed by atoms with Crippen molar-refractivity contribution in [2.45, 2.75) is 79.2 Å². The van der Waals surface area contributed by atoms with Crippen LogP contribution in [0.3, 0.4) is 0 Å². The van der Waals surface area contributed by atoms with E-state index < -0.39 is 18.9 Å². The van der Waals surface area contributed by atoms with E-state index in [1.165, 1.54) is 0 Å². The maximum absolute atomic E-state index is 11.7. The summed E-state index contributed by atoms with van der Waals surface area (Å²) < 4.78 is 21.3. The maximum Gasteiger partial charge on any atom is 0.671 e. The summed E-state index contributed by atoms with van der Waals surface area (Å²) in [5, 5.41) is 11.7. The molecule has 0 saturated heterocycles. The van der Waals surface area contributed by atoms with E-state index in [1.54, 1.807) is 27.7 Å². The standard InChI is InChI=1S/C12H26BO5/c1-9(2)15-11(5,6)17-13(14)18-12(7,8)16-10(3)4/h9-10H,1-8H3. The summed E-state index contributed by atoms with van der Waals surface area (Å²) in [6, 6.07) is 0. The molecule has 0 aromatic rings. The summed E-state index contributed by atoms with van der Waals surface area (Å²) in [5.41, 5.74) is 0. The van der Waals surface area contributed by atoms with Crippen molar-refractivity contribution in [3.8, 4) is 0 Å². The third-order valence-electron chi connectivity index (χ3n) is 1.80. The third-order valence-corrected chi connectivity index (χ3v) is 1.80. The molecule has 6 heteroatoms. The quantitative estimate of drug-likeness (QED) is 0.498. The van der Waals surface area contributed by atoms with Crippen LogP contribution >= 0.6 is 0 Å². The fourth-order valence-corrected chi connectivity index (χ4v) is 1.68. The van der Waals surface area contributed by atoms with Crippen LogP contribution in [-0.4, -0.2) is 31.1 Å². The van der Waals surface area contributed by atoms with Gasteiger partial charge in [-0.25, -0.2) is 5.02 Å². The molecule has 0 saturated carbocycles. The molecule has 18 heavy (non-hydrogen) atoms. The van der Waals surface area contributed by atoms with Crippen molar-refractivity contribution in [3.05, 3.63) is 0 Å². The molecule has 0 rings (SSSR count). The van der Waals surface area contributed by atoms with Crippen molar-refractivity contribution in [2.24, 2.45) is 0 Å². The van der Waals surface area contributed by atoms with E-state index in [9.17, 15) is 5.02 Å². The largest absolute Gasteiger partial charge is 0.671 e. The molecule has 5 nitrogen and oxygen atoms in total. The molecule has 0 aliphatic rings. The van der Waals surface area contributed by atoms with Crippen LogP contribution in [0.5, 0.6) is 0 Å². The van der Waals surface area contributed by atoms with Crippen molar-refractivity contribution in [1.29, 1.82) is 0 Å². The summed E-state index contributed by atoms with van der Waals surface area (Å²) in [4.78, 5) is 0. The molecule has 0 heterocycles. The van der Waals surface area contributed by atoms with Crippen LogP contribution in [0.1, 0.15) is 55.4 Å². The lowest BCUT2D eigenvalue weighted by Crippen LogP contribution is -2.44. The molecule has 0 aliphatic heterocycles. The van der Waals surface area contributed by atoms with Gasteiger partial charge in [0.25, 0.3) is 0 Å². The highest BCUT2D eigenvalue weighted by Crippen LogP contribution is 2.20. The number of hydrogen-bond donors (Lipinski definition) is 0. The maximum atomic E-state index is 11.7. The van der Waals surface area contributed by atoms with E-state index in [1.807, 2.05) is 27.7 Å². The van der Waals surface area contributed by atoms with Gasteiger partial charge in [0.05, 0.1) is 12.2 Å². The summed E-state index contributed by atoms with van der Waals surface area (Å²) >= 11 is 0. The zero-order chi connectivity index (χ0) is 14.6. The van der Waals surface area contributed by atoms with Crippen molar-refractivity contribution in [2.75, 3.05) is 0 Å². The van der Waals surface area contributed by atoms with E-state index in [-0.39, 0.29) is 12.2 Å². The average molecular weight is 261 g/mol. The molecule has 0 amide bonds. The highest BCUT2D eigenvalue weighted by Gasteiger charge is 2.36. The second-order valence-electron chi connectivity index (χ2n) is 5.66. The van der Waals surface area contributed by atoms with Crippen LogP contribution in [0.4, 0.5) is 0 Å². The summed E-state index contributed by atoms with van der Waals surface area (Å²) in [5.74, 6) is -1.98. The number of ether oxygens (including phenoxy) is 2. The highest BCUT2D eigenvalue weighted by molar-refractivity contribution is 6.34. The molecule has 0 fully saturated rings. The second-order valence-corrected chi connectivity index (χ2v) is 5.66. The highest BCUT2D eigenvalue weighted by atomic mass is 16.8. The molecule has 107 valence electrons. The molecular weight excluding hydrogens is 235 g/mol. The van der Waals surface area contributed by atoms with Gasteiger partial charge in [0, 0.05) is 0 Å². The Morgan fingerprint density at radius 3 is 1.28 bits per heavy atom. The second kappa shape index (κ2) is 6.87. The molecular formula is C12H26BO5. The summed E-state index contributed by atoms with van der Waals surface area (Å²) in [6.45, 7) is 14.2. The normalized spacial score (nSPS) is 13.5. The Labute approximate surface area is 111 Å². The van der Waals surface area contributed by atoms with Gasteiger partial charge < -0.3 is 18.8 Å². The van der Waals surface area contributed by atoms with Gasteiger partial charge in [-0.3, -0.25) is 0 Å². The SMILES string of the molecule is CC(C)OC(C)(C)OB([O])OC(C)(C)OC(C)C. The first-order chi connectivity index (χ1) is 7.93. The van der Waals surface area contributed by atoms with Gasteiger partial charge in [-0.05, 0) is 55.4 Å². The fourth-order valence-electron chi connectivity index (χ4n) is 1.68. The van der Waals surface area contributed by atoms with E-state index in [0.29, 0.717) is 0 Å². The molecule has 0 unspecified atom stereocenters. The smallest absolute Gasteiger partial charge is 0.356 e. The number of hydrogen-bond acceptors (Lipinski definition) is 4. The first-order valence-electron chi connectivity index (χ1n) is 6.30. The lowest BCUT2D eigenvalue weighted by molar-refractivity contribution is -0.234. The first kappa shape index (κ1) is 17.9. The van der Waals surface area contributed by atoms with E-state index in [0.717, 1.165) is 0 Å². The molecule has 0 aromatic carbocycles. The Hall–Kier alpha value is -0.135. The van der Waals surface area contributed by atoms with Gasteiger partial charge in [0.15, 0.2) is 11.6 Å². The molecule has 0 bridgehead atoms. The van der Waals surface area contributed by atoms with Crippen LogP contribution in [0, 0.1) is 0 Å². The summed E-state index contributed by atoms with van der Waals surface area (Å²) in [7, 11) is -1.66. The van der Waals surface area contributed by atoms with Crippen molar-refractivity contribution >= 4 is 7.32 Å². The Kier molecular flexibility index (Phi) is 6.81. The fraction of sp³-hybridized carbons (Fsp3) is 1.00. The average Bonchev–Trinajstić information content (AvgIpc) is 1.92. The van der Waals surface area contributed by atoms with Gasteiger partial charge in [-0.15, -0.1) is 0 Å². The van der Waals surface area contributed by atoms with Crippen LogP contribution in [0.25, 0.3) is 0 Å². The molecule has 0 N–H and O–H groups in total. The van der Waals surface area contributed by atoms with Crippen LogP contribution in [0.2, 0.25) is 0 Å². The topological polar surface area (TPSA) is 56.8 Å². The van der Waals surface area contributed by atoms with Crippen LogP contribution < -0.4 is 0 Å². The lowest BCUT2D eigenvalue weighted by Gasteiger charge is -2.32. The van der Waals surface area contributed by atoms with E-state index in [2.05, 4.69) is 0 Å². The lowest BCUT2D eigenvalue weighted by atomic mass is 10.2. The zero-order valence-corrected chi connectivity index (χ0v) is 12.8. The van der Waals surface area contributed by atoms with Crippen LogP contribution in [0.15, 0.2) is 0 Å². The minimum atomic E-state index is -1.66. The molecule has 0 aliphatic carbocycles. The zero-order valence-electron chi connectivity index (χ0n) is 12.8. The Bertz CT molecular complexity index is 217. The summed E-state index contributed by atoms with van der Waals surface area (Å²) in [6.07, 6.45) is -0.0701. The van der Waals surface area contributed by atoms with Crippen molar-refractivity contribution in [1.82, 2.24) is 0 Å². The van der Waals surface area contributed by atoms with E-state index in [4.69, 9.17) is 18.8 Å². The Morgan fingerprint density at radius 2 is 1.06 bits per heavy atom. The van der Waals surface area contributed by atoms with Gasteiger partial charge in [-0.1, -0.05) is 0 Å². The minimum absolute atomic E-state index is 0.0351. The predicted octanol–water partition coefficient (Wildman–Crippen LogP) is 2.76. The van der Waals surface area contributed by atoms with Gasteiger partial charge in [0.1, 0.15) is 0 Å². The predicted molar refractivity (Wildman–Crippen MR) is 69.2 cm³/mol. The van der Waals surface area contributed by atoms with Crippen molar-refractivity contribution in [3.63, 3.8) is 0 Å². The van der Waals surface area contributed by atoms with Gasteiger partial charge in [0.2, 0.25) is 0 Å². The van der Waals surface area contributed by atoms with Gasteiger partial charge in [-0.2, -0.15) is 0 Å². The number of rotatable bonds is 8. The first-order valence-corrected chi connectivity index (χ1v) is 6.30. The molecule has 1 radical (unpaired) electrons. The molecule has 0 spiro atoms. The minimum Gasteiger partial charge on any atom is -0.356 e. The van der Waals surface area contributed by atoms with E-state index >= 15 is 0 Å². The molecule has 0 atom stereocenters. The third kappa shape index (κ3) is 8.88. The Morgan fingerprint density at radius 1 is 0.778 bits per heavy atom. The Balaban J connectivity index is 4.28. The van der Waals surface area contributed by atoms with Crippen molar-refractivity contribution < 1.29 is 23.8 Å². The molecule has 0 aromatic heterocycles.